The van der Waals surface area contributed by atoms with Crippen molar-refractivity contribution in [3.63, 3.8) is 0 Å². The molecule has 1 saturated carbocycles. The maximum Gasteiger partial charge on any atom is 0.293 e. The summed E-state index contributed by atoms with van der Waals surface area (Å²) in [5.41, 5.74) is 1.25. The molecule has 1 aliphatic rings. The first-order valence-corrected chi connectivity index (χ1v) is 5.17. The molecule has 0 radical (unpaired) electrons. The molecule has 0 amide bonds. The van der Waals surface area contributed by atoms with Crippen molar-refractivity contribution in [2.75, 3.05) is 0 Å². The summed E-state index contributed by atoms with van der Waals surface area (Å²) in [6.07, 6.45) is 3.50. The van der Waals surface area contributed by atoms with Gasteiger partial charge in [0.15, 0.2) is 4.67 Å². The molecule has 2 nitrogen and oxygen atoms in total. The second kappa shape index (κ2) is 2.74. The van der Waals surface area contributed by atoms with E-state index in [0.29, 0.717) is 4.67 Å². The molecule has 0 saturated heterocycles. The summed E-state index contributed by atoms with van der Waals surface area (Å²) in [4.78, 5) is 4.17. The molecule has 12 heavy (non-hydrogen) atoms. The Hall–Kier alpha value is -0.0200. The zero-order chi connectivity index (χ0) is 8.77. The van der Waals surface area contributed by atoms with Crippen LogP contribution in [0.2, 0.25) is 5.35 Å². The van der Waals surface area contributed by atoms with Crippen LogP contribution in [0.15, 0.2) is 9.09 Å². The molecule has 0 atom stereocenters. The molecule has 1 aromatic heterocycles. The standard InChI is InChI=1S/C8H9BrClNO/c1-2-8(3-4-8)5-6(9)12-7(10)11-5/h2-4H2,1H3. The number of aromatic nitrogens is 1. The van der Waals surface area contributed by atoms with Gasteiger partial charge in [0.2, 0.25) is 0 Å². The minimum Gasteiger partial charge on any atom is -0.420 e. The fourth-order valence-electron chi connectivity index (χ4n) is 1.51. The van der Waals surface area contributed by atoms with Crippen LogP contribution in [-0.2, 0) is 5.41 Å². The van der Waals surface area contributed by atoms with Gasteiger partial charge in [-0.1, -0.05) is 6.92 Å². The number of hydrogen-bond donors (Lipinski definition) is 0. The van der Waals surface area contributed by atoms with Gasteiger partial charge in [0.05, 0.1) is 0 Å². The Bertz CT molecular complexity index is 306. The van der Waals surface area contributed by atoms with Gasteiger partial charge in [-0.2, -0.15) is 0 Å². The van der Waals surface area contributed by atoms with Gasteiger partial charge in [-0.15, -0.1) is 0 Å². The largest absolute Gasteiger partial charge is 0.420 e. The Morgan fingerprint density at radius 3 is 2.67 bits per heavy atom. The van der Waals surface area contributed by atoms with Gasteiger partial charge >= 0.3 is 0 Å². The van der Waals surface area contributed by atoms with E-state index in [4.69, 9.17) is 16.0 Å². The smallest absolute Gasteiger partial charge is 0.293 e. The molecule has 1 aliphatic carbocycles. The predicted molar refractivity (Wildman–Crippen MR) is 50.4 cm³/mol. The summed E-state index contributed by atoms with van der Waals surface area (Å²) in [6, 6.07) is 0. The van der Waals surface area contributed by atoms with Crippen LogP contribution in [-0.4, -0.2) is 4.98 Å². The van der Waals surface area contributed by atoms with Crippen molar-refractivity contribution in [3.8, 4) is 0 Å². The molecule has 2 rings (SSSR count). The summed E-state index contributed by atoms with van der Waals surface area (Å²) in [7, 11) is 0. The van der Waals surface area contributed by atoms with Gasteiger partial charge in [0, 0.05) is 5.41 Å². The second-order valence-corrected chi connectivity index (χ2v) is 4.27. The van der Waals surface area contributed by atoms with E-state index in [1.165, 1.54) is 12.8 Å². The lowest BCUT2D eigenvalue weighted by Crippen LogP contribution is -2.05. The second-order valence-electron chi connectivity index (χ2n) is 3.22. The van der Waals surface area contributed by atoms with Crippen LogP contribution in [0.25, 0.3) is 0 Å². The highest BCUT2D eigenvalue weighted by Gasteiger charge is 2.46. The highest BCUT2D eigenvalue weighted by molar-refractivity contribution is 9.10. The average molecular weight is 251 g/mol. The first-order chi connectivity index (χ1) is 5.68. The van der Waals surface area contributed by atoms with Crippen LogP contribution in [0.5, 0.6) is 0 Å². The first-order valence-electron chi connectivity index (χ1n) is 4.00. The van der Waals surface area contributed by atoms with E-state index in [1.807, 2.05) is 0 Å². The van der Waals surface area contributed by atoms with Gasteiger partial charge in [0.25, 0.3) is 5.35 Å². The zero-order valence-electron chi connectivity index (χ0n) is 6.73. The Balaban J connectivity index is 2.39. The van der Waals surface area contributed by atoms with Crippen LogP contribution in [0, 0.1) is 0 Å². The van der Waals surface area contributed by atoms with Gasteiger partial charge < -0.3 is 4.42 Å². The number of rotatable bonds is 2. The van der Waals surface area contributed by atoms with Crippen molar-refractivity contribution in [1.29, 1.82) is 0 Å². The van der Waals surface area contributed by atoms with Crippen LogP contribution >= 0.6 is 27.5 Å². The van der Waals surface area contributed by atoms with E-state index in [-0.39, 0.29) is 10.8 Å². The van der Waals surface area contributed by atoms with E-state index in [2.05, 4.69) is 27.8 Å². The normalized spacial score (nSPS) is 19.6. The third kappa shape index (κ3) is 1.19. The molecule has 1 heterocycles. The molecule has 1 aromatic rings. The summed E-state index contributed by atoms with van der Waals surface area (Å²) in [5.74, 6) is 0. The lowest BCUT2D eigenvalue weighted by molar-refractivity contribution is 0.526. The van der Waals surface area contributed by atoms with Crippen LogP contribution in [0.3, 0.4) is 0 Å². The molecule has 0 bridgehead atoms. The summed E-state index contributed by atoms with van der Waals surface area (Å²) >= 11 is 8.97. The Kier molecular flexibility index (Phi) is 1.96. The molecular weight excluding hydrogens is 241 g/mol. The average Bonchev–Trinajstić information content (AvgIpc) is 2.74. The first kappa shape index (κ1) is 8.57. The third-order valence-electron chi connectivity index (χ3n) is 2.59. The highest BCUT2D eigenvalue weighted by atomic mass is 79.9. The minimum absolute atomic E-state index is 0.233. The maximum atomic E-state index is 5.65. The monoisotopic (exact) mass is 249 g/mol. The van der Waals surface area contributed by atoms with Crippen molar-refractivity contribution in [3.05, 3.63) is 15.7 Å². The molecule has 4 heteroatoms. The molecule has 0 aliphatic heterocycles. The predicted octanol–water partition coefficient (Wildman–Crippen LogP) is 3.53. The highest BCUT2D eigenvalue weighted by Crippen LogP contribution is 2.52. The van der Waals surface area contributed by atoms with Crippen molar-refractivity contribution in [2.45, 2.75) is 31.6 Å². The summed E-state index contributed by atoms with van der Waals surface area (Å²) < 4.78 is 5.81. The lowest BCUT2D eigenvalue weighted by atomic mass is 10.0. The van der Waals surface area contributed by atoms with Crippen molar-refractivity contribution in [2.24, 2.45) is 0 Å². The SMILES string of the molecule is CCC1(c2nc(Cl)oc2Br)CC1. The van der Waals surface area contributed by atoms with Gasteiger partial charge in [0.1, 0.15) is 5.69 Å². The van der Waals surface area contributed by atoms with Crippen LogP contribution < -0.4 is 0 Å². The van der Waals surface area contributed by atoms with Crippen LogP contribution in [0.1, 0.15) is 31.9 Å². The molecule has 1 fully saturated rings. The number of oxazole rings is 1. The molecule has 0 spiro atoms. The zero-order valence-corrected chi connectivity index (χ0v) is 9.07. The van der Waals surface area contributed by atoms with Crippen molar-refractivity contribution in [1.82, 2.24) is 4.98 Å². The maximum absolute atomic E-state index is 5.65. The quantitative estimate of drug-likeness (QED) is 0.802. The summed E-state index contributed by atoms with van der Waals surface area (Å²) in [6.45, 7) is 2.17. The fourth-order valence-corrected chi connectivity index (χ4v) is 2.43. The number of halogens is 2. The number of nitrogens with zero attached hydrogens (tertiary/aromatic N) is 1. The van der Waals surface area contributed by atoms with Gasteiger partial charge in [-0.05, 0) is 46.8 Å². The van der Waals surface area contributed by atoms with E-state index >= 15 is 0 Å². The topological polar surface area (TPSA) is 26.0 Å². The minimum atomic E-state index is 0.233. The Morgan fingerprint density at radius 2 is 2.33 bits per heavy atom. The van der Waals surface area contributed by atoms with Crippen molar-refractivity contribution < 1.29 is 4.42 Å². The Morgan fingerprint density at radius 1 is 1.67 bits per heavy atom. The van der Waals surface area contributed by atoms with Gasteiger partial charge in [-0.25, -0.2) is 4.98 Å². The van der Waals surface area contributed by atoms with E-state index in [1.54, 1.807) is 0 Å². The lowest BCUT2D eigenvalue weighted by Gasteiger charge is -2.06. The van der Waals surface area contributed by atoms with Crippen molar-refractivity contribution >= 4 is 27.5 Å². The summed E-state index contributed by atoms with van der Waals surface area (Å²) in [5, 5.41) is 0.233. The third-order valence-corrected chi connectivity index (χ3v) is 3.29. The molecule has 0 unspecified atom stereocenters. The van der Waals surface area contributed by atoms with E-state index < -0.39 is 0 Å². The molecular formula is C8H9BrClNO. The van der Waals surface area contributed by atoms with E-state index in [9.17, 15) is 0 Å². The molecule has 0 aromatic carbocycles. The number of hydrogen-bond acceptors (Lipinski definition) is 2. The molecule has 0 N–H and O–H groups in total. The fraction of sp³-hybridized carbons (Fsp3) is 0.625. The molecule has 66 valence electrons. The van der Waals surface area contributed by atoms with Gasteiger partial charge in [-0.3, -0.25) is 0 Å². The van der Waals surface area contributed by atoms with E-state index in [0.717, 1.165) is 12.1 Å². The van der Waals surface area contributed by atoms with Crippen LogP contribution in [0.4, 0.5) is 0 Å². The Labute approximate surface area is 84.4 Å².